The third kappa shape index (κ3) is 2.61. The summed E-state index contributed by atoms with van der Waals surface area (Å²) in [5.74, 6) is 0.633. The van der Waals surface area contributed by atoms with Gasteiger partial charge in [0.2, 0.25) is 0 Å². The summed E-state index contributed by atoms with van der Waals surface area (Å²) in [6, 6.07) is 13.1. The van der Waals surface area contributed by atoms with E-state index >= 15 is 0 Å². The van der Waals surface area contributed by atoms with Crippen molar-refractivity contribution < 1.29 is 9.13 Å². The highest BCUT2D eigenvalue weighted by Crippen LogP contribution is 2.27. The zero-order valence-electron chi connectivity index (χ0n) is 9.36. The quantitative estimate of drug-likeness (QED) is 0.775. The van der Waals surface area contributed by atoms with Crippen LogP contribution in [0.3, 0.4) is 0 Å². The van der Waals surface area contributed by atoms with E-state index in [9.17, 15) is 4.39 Å². The number of benzene rings is 2. The molecule has 0 radical (unpaired) electrons. The molecule has 0 saturated carbocycles. The molecule has 0 N–H and O–H groups in total. The Morgan fingerprint density at radius 2 is 2.00 bits per heavy atom. The number of nitrogens with zero attached hydrogens (tertiary/aromatic N) is 1. The monoisotopic (exact) mass is 261 g/mol. The highest BCUT2D eigenvalue weighted by atomic mass is 35.5. The average Bonchev–Trinajstić information content (AvgIpc) is 2.39. The van der Waals surface area contributed by atoms with Crippen LogP contribution in [0.1, 0.15) is 11.1 Å². The normalized spacial score (nSPS) is 9.83. The second-order valence-corrected chi connectivity index (χ2v) is 3.86. The summed E-state index contributed by atoms with van der Waals surface area (Å²) in [6.45, 7) is 0. The van der Waals surface area contributed by atoms with Crippen LogP contribution in [0.15, 0.2) is 42.5 Å². The lowest BCUT2D eigenvalue weighted by atomic mass is 10.2. The third-order valence-corrected chi connectivity index (χ3v) is 2.69. The molecule has 18 heavy (non-hydrogen) atoms. The van der Waals surface area contributed by atoms with Crippen LogP contribution in [-0.2, 0) is 5.88 Å². The Morgan fingerprint density at radius 1 is 1.22 bits per heavy atom. The Balaban J connectivity index is 2.29. The number of nitriles is 1. The fourth-order valence-electron chi connectivity index (χ4n) is 1.49. The number of rotatable bonds is 3. The zero-order valence-corrected chi connectivity index (χ0v) is 10.1. The van der Waals surface area contributed by atoms with Gasteiger partial charge in [-0.05, 0) is 18.2 Å². The molecule has 0 atom stereocenters. The Labute approximate surface area is 109 Å². The maximum absolute atomic E-state index is 13.4. The zero-order chi connectivity index (χ0) is 13.0. The highest BCUT2D eigenvalue weighted by Gasteiger charge is 2.06. The first-order chi connectivity index (χ1) is 8.74. The molecule has 0 spiro atoms. The van der Waals surface area contributed by atoms with E-state index in [4.69, 9.17) is 21.6 Å². The molecule has 0 fully saturated rings. The SMILES string of the molecule is N#Cc1ccc(Oc2ccccc2CCl)cc1F. The van der Waals surface area contributed by atoms with Crippen LogP contribution < -0.4 is 4.74 Å². The molecular formula is C14H9ClFNO. The first kappa shape index (κ1) is 12.4. The number of hydrogen-bond donors (Lipinski definition) is 0. The van der Waals surface area contributed by atoms with Crippen LogP contribution in [0.2, 0.25) is 0 Å². The number of halogens is 2. The van der Waals surface area contributed by atoms with Crippen LogP contribution in [0, 0.1) is 17.1 Å². The van der Waals surface area contributed by atoms with Gasteiger partial charge in [0.15, 0.2) is 0 Å². The van der Waals surface area contributed by atoms with Crippen molar-refractivity contribution in [2.45, 2.75) is 5.88 Å². The van der Waals surface area contributed by atoms with Gasteiger partial charge in [0, 0.05) is 11.6 Å². The first-order valence-electron chi connectivity index (χ1n) is 5.26. The van der Waals surface area contributed by atoms with Crippen molar-refractivity contribution in [3.8, 4) is 17.6 Å². The third-order valence-electron chi connectivity index (χ3n) is 2.41. The van der Waals surface area contributed by atoms with Crippen LogP contribution >= 0.6 is 11.6 Å². The Hall–Kier alpha value is -2.05. The summed E-state index contributed by atoms with van der Waals surface area (Å²) in [6.07, 6.45) is 0. The van der Waals surface area contributed by atoms with E-state index < -0.39 is 5.82 Å². The van der Waals surface area contributed by atoms with Crippen LogP contribution in [0.4, 0.5) is 4.39 Å². The summed E-state index contributed by atoms with van der Waals surface area (Å²) in [7, 11) is 0. The van der Waals surface area contributed by atoms with E-state index in [2.05, 4.69) is 0 Å². The molecule has 4 heteroatoms. The summed E-state index contributed by atoms with van der Waals surface area (Å²) in [5, 5.41) is 8.63. The fraction of sp³-hybridized carbons (Fsp3) is 0.0714. The molecular weight excluding hydrogens is 253 g/mol. The summed E-state index contributed by atoms with van der Waals surface area (Å²) in [4.78, 5) is 0. The van der Waals surface area contributed by atoms with Gasteiger partial charge < -0.3 is 4.74 Å². The van der Waals surface area contributed by atoms with Crippen LogP contribution in [0.25, 0.3) is 0 Å². The average molecular weight is 262 g/mol. The minimum atomic E-state index is -0.599. The van der Waals surface area contributed by atoms with Gasteiger partial charge in [0.25, 0.3) is 0 Å². The molecule has 0 aliphatic heterocycles. The van der Waals surface area contributed by atoms with Gasteiger partial charge in [-0.1, -0.05) is 18.2 Å². The van der Waals surface area contributed by atoms with Gasteiger partial charge in [-0.2, -0.15) is 5.26 Å². The van der Waals surface area contributed by atoms with Gasteiger partial charge in [-0.3, -0.25) is 0 Å². The molecule has 0 aliphatic rings. The van der Waals surface area contributed by atoms with Crippen molar-refractivity contribution in [3.05, 3.63) is 59.4 Å². The molecule has 2 aromatic carbocycles. The number of para-hydroxylation sites is 1. The second-order valence-electron chi connectivity index (χ2n) is 3.60. The lowest BCUT2D eigenvalue weighted by molar-refractivity contribution is 0.472. The van der Waals surface area contributed by atoms with Gasteiger partial charge in [-0.15, -0.1) is 11.6 Å². The molecule has 2 nitrogen and oxygen atoms in total. The smallest absolute Gasteiger partial charge is 0.144 e. The topological polar surface area (TPSA) is 33.0 Å². The number of ether oxygens (including phenoxy) is 1. The molecule has 90 valence electrons. The number of hydrogen-bond acceptors (Lipinski definition) is 2. The van der Waals surface area contributed by atoms with Crippen molar-refractivity contribution in [1.29, 1.82) is 5.26 Å². The molecule has 0 heterocycles. The Morgan fingerprint density at radius 3 is 2.67 bits per heavy atom. The van der Waals surface area contributed by atoms with Crippen LogP contribution in [0.5, 0.6) is 11.5 Å². The summed E-state index contributed by atoms with van der Waals surface area (Å²) in [5.41, 5.74) is 0.817. The Kier molecular flexibility index (Phi) is 3.81. The van der Waals surface area contributed by atoms with Gasteiger partial charge in [0.05, 0.1) is 11.4 Å². The number of alkyl halides is 1. The molecule has 0 aromatic heterocycles. The second kappa shape index (κ2) is 5.52. The highest BCUT2D eigenvalue weighted by molar-refractivity contribution is 6.17. The van der Waals surface area contributed by atoms with E-state index in [0.29, 0.717) is 17.4 Å². The molecule has 2 rings (SSSR count). The van der Waals surface area contributed by atoms with Gasteiger partial charge in [-0.25, -0.2) is 4.39 Å². The standard InChI is InChI=1S/C14H9ClFNO/c15-8-10-3-1-2-4-14(10)18-12-6-5-11(9-17)13(16)7-12/h1-7H,8H2. The van der Waals surface area contributed by atoms with E-state index in [1.165, 1.54) is 12.1 Å². The van der Waals surface area contributed by atoms with Crippen molar-refractivity contribution >= 4 is 11.6 Å². The molecule has 0 aliphatic carbocycles. The predicted molar refractivity (Wildman–Crippen MR) is 67.2 cm³/mol. The van der Waals surface area contributed by atoms with Crippen molar-refractivity contribution in [2.24, 2.45) is 0 Å². The van der Waals surface area contributed by atoms with Crippen LogP contribution in [-0.4, -0.2) is 0 Å². The summed E-state index contributed by atoms with van der Waals surface area (Å²) < 4.78 is 19.0. The van der Waals surface area contributed by atoms with Crippen molar-refractivity contribution in [3.63, 3.8) is 0 Å². The largest absolute Gasteiger partial charge is 0.457 e. The van der Waals surface area contributed by atoms with Gasteiger partial charge in [0.1, 0.15) is 23.4 Å². The maximum atomic E-state index is 13.4. The van der Waals surface area contributed by atoms with E-state index in [1.54, 1.807) is 18.2 Å². The maximum Gasteiger partial charge on any atom is 0.144 e. The molecule has 0 saturated heterocycles. The lowest BCUT2D eigenvalue weighted by Crippen LogP contribution is -1.91. The van der Waals surface area contributed by atoms with Crippen molar-refractivity contribution in [2.75, 3.05) is 0 Å². The fourth-order valence-corrected chi connectivity index (χ4v) is 1.71. The van der Waals surface area contributed by atoms with E-state index in [1.807, 2.05) is 18.2 Å². The molecule has 2 aromatic rings. The minimum Gasteiger partial charge on any atom is -0.457 e. The molecule has 0 bridgehead atoms. The first-order valence-corrected chi connectivity index (χ1v) is 5.79. The van der Waals surface area contributed by atoms with E-state index in [-0.39, 0.29) is 5.56 Å². The van der Waals surface area contributed by atoms with Crippen molar-refractivity contribution in [1.82, 2.24) is 0 Å². The molecule has 0 unspecified atom stereocenters. The van der Waals surface area contributed by atoms with E-state index in [0.717, 1.165) is 5.56 Å². The summed E-state index contributed by atoms with van der Waals surface area (Å²) >= 11 is 5.78. The minimum absolute atomic E-state index is 0.00650. The van der Waals surface area contributed by atoms with Gasteiger partial charge >= 0.3 is 0 Å². The lowest BCUT2D eigenvalue weighted by Gasteiger charge is -2.09. The Bertz CT molecular complexity index is 607. The molecule has 0 amide bonds. The predicted octanol–water partition coefficient (Wildman–Crippen LogP) is 4.23.